The summed E-state index contributed by atoms with van der Waals surface area (Å²) >= 11 is 0. The van der Waals surface area contributed by atoms with Gasteiger partial charge < -0.3 is 14.3 Å². The van der Waals surface area contributed by atoms with E-state index in [0.717, 1.165) is 28.9 Å². The Bertz CT molecular complexity index is 571. The van der Waals surface area contributed by atoms with Gasteiger partial charge in [0.2, 0.25) is 0 Å². The first-order valence-corrected chi connectivity index (χ1v) is 6.39. The molecular formula is C15H18O4. The quantitative estimate of drug-likeness (QED) is 0.860. The first-order valence-electron chi connectivity index (χ1n) is 6.39. The predicted molar refractivity (Wildman–Crippen MR) is 72.7 cm³/mol. The summed E-state index contributed by atoms with van der Waals surface area (Å²) in [4.78, 5) is 10.5. The van der Waals surface area contributed by atoms with Gasteiger partial charge in [0.25, 0.3) is 0 Å². The predicted octanol–water partition coefficient (Wildman–Crippen LogP) is 3.80. The number of ether oxygens (including phenoxy) is 1. The molecule has 1 heterocycles. The number of aliphatic carboxylic acids is 1. The number of rotatable bonds is 6. The van der Waals surface area contributed by atoms with Crippen LogP contribution in [0.4, 0.5) is 0 Å². The average Bonchev–Trinajstić information content (AvgIpc) is 2.80. The van der Waals surface area contributed by atoms with E-state index in [4.69, 9.17) is 14.3 Å². The van der Waals surface area contributed by atoms with E-state index in [2.05, 4.69) is 6.92 Å². The number of carbonyl (C=O) groups is 1. The van der Waals surface area contributed by atoms with Gasteiger partial charge >= 0.3 is 5.97 Å². The minimum Gasteiger partial charge on any atom is -0.497 e. The Morgan fingerprint density at radius 1 is 1.42 bits per heavy atom. The summed E-state index contributed by atoms with van der Waals surface area (Å²) in [5.41, 5.74) is 0.834. The van der Waals surface area contributed by atoms with Gasteiger partial charge in [-0.3, -0.25) is 4.79 Å². The Hall–Kier alpha value is -1.97. The lowest BCUT2D eigenvalue weighted by atomic mass is 10.0. The van der Waals surface area contributed by atoms with Gasteiger partial charge in [0.15, 0.2) is 0 Å². The summed E-state index contributed by atoms with van der Waals surface area (Å²) in [6.07, 6.45) is 1.68. The van der Waals surface area contributed by atoms with Gasteiger partial charge in [-0.2, -0.15) is 0 Å². The number of hydrogen-bond donors (Lipinski definition) is 1. The fourth-order valence-corrected chi connectivity index (χ4v) is 2.11. The van der Waals surface area contributed by atoms with Crippen LogP contribution in [0.3, 0.4) is 0 Å². The van der Waals surface area contributed by atoms with E-state index in [0.29, 0.717) is 6.42 Å². The van der Waals surface area contributed by atoms with Crippen molar-refractivity contribution < 1.29 is 19.1 Å². The largest absolute Gasteiger partial charge is 0.497 e. The minimum atomic E-state index is -0.749. The maximum Gasteiger partial charge on any atom is 0.303 e. The van der Waals surface area contributed by atoms with Gasteiger partial charge in [0, 0.05) is 17.7 Å². The van der Waals surface area contributed by atoms with Crippen LogP contribution < -0.4 is 4.74 Å². The summed E-state index contributed by atoms with van der Waals surface area (Å²) in [5, 5.41) is 9.64. The Kier molecular flexibility index (Phi) is 4.10. The monoisotopic (exact) mass is 262 g/mol. The molecule has 0 radical (unpaired) electrons. The third-order valence-electron chi connectivity index (χ3n) is 3.26. The fraction of sp³-hybridized carbons (Fsp3) is 0.400. The molecule has 102 valence electrons. The number of methoxy groups -OCH3 is 1. The molecule has 0 spiro atoms. The zero-order chi connectivity index (χ0) is 13.8. The summed E-state index contributed by atoms with van der Waals surface area (Å²) in [6, 6.07) is 7.70. The van der Waals surface area contributed by atoms with Crippen LogP contribution >= 0.6 is 0 Å². The van der Waals surface area contributed by atoms with E-state index in [1.54, 1.807) is 7.11 Å². The highest BCUT2D eigenvalue weighted by Crippen LogP contribution is 2.30. The van der Waals surface area contributed by atoms with Crippen molar-refractivity contribution in [3.63, 3.8) is 0 Å². The van der Waals surface area contributed by atoms with Crippen molar-refractivity contribution in [1.82, 2.24) is 0 Å². The molecule has 1 atom stereocenters. The van der Waals surface area contributed by atoms with Crippen molar-refractivity contribution in [2.24, 2.45) is 0 Å². The molecule has 0 bridgehead atoms. The Balaban J connectivity index is 2.09. The van der Waals surface area contributed by atoms with Crippen molar-refractivity contribution in [2.45, 2.75) is 32.1 Å². The fourth-order valence-electron chi connectivity index (χ4n) is 2.11. The molecular weight excluding hydrogens is 244 g/mol. The third-order valence-corrected chi connectivity index (χ3v) is 3.26. The van der Waals surface area contributed by atoms with E-state index >= 15 is 0 Å². The molecule has 1 N–H and O–H groups in total. The Morgan fingerprint density at radius 2 is 2.21 bits per heavy atom. The van der Waals surface area contributed by atoms with E-state index in [-0.39, 0.29) is 12.3 Å². The number of hydrogen-bond acceptors (Lipinski definition) is 3. The van der Waals surface area contributed by atoms with E-state index in [9.17, 15) is 4.79 Å². The summed E-state index contributed by atoms with van der Waals surface area (Å²) in [7, 11) is 1.64. The first kappa shape index (κ1) is 13.5. The molecule has 0 fully saturated rings. The topological polar surface area (TPSA) is 59.7 Å². The first-order chi connectivity index (χ1) is 9.10. The zero-order valence-corrected chi connectivity index (χ0v) is 11.2. The molecule has 4 nitrogen and oxygen atoms in total. The minimum absolute atomic E-state index is 0.207. The number of benzene rings is 1. The maximum absolute atomic E-state index is 10.5. The van der Waals surface area contributed by atoms with E-state index in [1.165, 1.54) is 0 Å². The van der Waals surface area contributed by atoms with Crippen molar-refractivity contribution in [1.29, 1.82) is 0 Å². The number of carboxylic acid groups (broad SMARTS) is 1. The lowest BCUT2D eigenvalue weighted by Gasteiger charge is -2.06. The van der Waals surface area contributed by atoms with E-state index < -0.39 is 5.97 Å². The van der Waals surface area contributed by atoms with Gasteiger partial charge in [-0.25, -0.2) is 0 Å². The standard InChI is InChI=1S/C15H18O4/c1-10(4-3-5-15(16)17)14-9-11-8-12(18-2)6-7-13(11)19-14/h6-10H,3-5H2,1-2H3,(H,16,17)/t10-/m1/s1. The lowest BCUT2D eigenvalue weighted by Crippen LogP contribution is -1.97. The third kappa shape index (κ3) is 3.28. The smallest absolute Gasteiger partial charge is 0.303 e. The highest BCUT2D eigenvalue weighted by molar-refractivity contribution is 5.79. The molecule has 0 saturated carbocycles. The molecule has 0 aliphatic carbocycles. The molecule has 0 amide bonds. The molecule has 1 aromatic heterocycles. The maximum atomic E-state index is 10.5. The van der Waals surface area contributed by atoms with Gasteiger partial charge in [0.05, 0.1) is 7.11 Å². The normalized spacial score (nSPS) is 12.5. The summed E-state index contributed by atoms with van der Waals surface area (Å²) in [6.45, 7) is 2.05. The van der Waals surface area contributed by atoms with Crippen molar-refractivity contribution >= 4 is 16.9 Å². The summed E-state index contributed by atoms with van der Waals surface area (Å²) < 4.78 is 11.0. The SMILES string of the molecule is COc1ccc2oc([C@H](C)CCCC(=O)O)cc2c1. The molecule has 0 aliphatic heterocycles. The van der Waals surface area contributed by atoms with Crippen molar-refractivity contribution in [3.05, 3.63) is 30.0 Å². The van der Waals surface area contributed by atoms with Gasteiger partial charge in [0.1, 0.15) is 17.1 Å². The van der Waals surface area contributed by atoms with Crippen LogP contribution in [-0.4, -0.2) is 18.2 Å². The molecule has 19 heavy (non-hydrogen) atoms. The van der Waals surface area contributed by atoms with Gasteiger partial charge in [-0.1, -0.05) is 6.92 Å². The average molecular weight is 262 g/mol. The van der Waals surface area contributed by atoms with Crippen LogP contribution in [0.25, 0.3) is 11.0 Å². The van der Waals surface area contributed by atoms with Gasteiger partial charge in [-0.15, -0.1) is 0 Å². The molecule has 0 aliphatic rings. The Morgan fingerprint density at radius 3 is 2.89 bits per heavy atom. The molecule has 2 aromatic rings. The van der Waals surface area contributed by atoms with Crippen LogP contribution in [-0.2, 0) is 4.79 Å². The second-order valence-electron chi connectivity index (χ2n) is 4.74. The molecule has 1 aromatic carbocycles. The number of furan rings is 1. The van der Waals surface area contributed by atoms with Crippen LogP contribution in [0.5, 0.6) is 5.75 Å². The molecule has 0 saturated heterocycles. The Labute approximate surface area is 112 Å². The zero-order valence-electron chi connectivity index (χ0n) is 11.2. The number of carboxylic acids is 1. The van der Waals surface area contributed by atoms with Crippen LogP contribution in [0.15, 0.2) is 28.7 Å². The number of fused-ring (bicyclic) bond motifs is 1. The lowest BCUT2D eigenvalue weighted by molar-refractivity contribution is -0.137. The second kappa shape index (κ2) is 5.78. The molecule has 4 heteroatoms. The second-order valence-corrected chi connectivity index (χ2v) is 4.74. The highest BCUT2D eigenvalue weighted by atomic mass is 16.5. The van der Waals surface area contributed by atoms with Crippen molar-refractivity contribution in [2.75, 3.05) is 7.11 Å². The summed E-state index contributed by atoms with van der Waals surface area (Å²) in [5.74, 6) is 1.17. The highest BCUT2D eigenvalue weighted by Gasteiger charge is 2.12. The molecule has 2 rings (SSSR count). The van der Waals surface area contributed by atoms with Gasteiger partial charge in [-0.05, 0) is 37.1 Å². The van der Waals surface area contributed by atoms with E-state index in [1.807, 2.05) is 24.3 Å². The van der Waals surface area contributed by atoms with Crippen LogP contribution in [0.2, 0.25) is 0 Å². The van der Waals surface area contributed by atoms with Crippen molar-refractivity contribution in [3.8, 4) is 5.75 Å². The molecule has 0 unspecified atom stereocenters. The van der Waals surface area contributed by atoms with Crippen LogP contribution in [0.1, 0.15) is 37.9 Å². The van der Waals surface area contributed by atoms with Crippen LogP contribution in [0, 0.1) is 0 Å².